The Morgan fingerprint density at radius 2 is 2.00 bits per heavy atom. The summed E-state index contributed by atoms with van der Waals surface area (Å²) in [5, 5.41) is 2.55. The molecule has 0 heterocycles. The number of rotatable bonds is 5. The van der Waals surface area contributed by atoms with E-state index in [0.29, 0.717) is 13.0 Å². The second-order valence-electron chi connectivity index (χ2n) is 5.60. The van der Waals surface area contributed by atoms with E-state index < -0.39 is 28.9 Å². The first-order valence-electron chi connectivity index (χ1n) is 6.81. The van der Waals surface area contributed by atoms with Crippen molar-refractivity contribution in [2.24, 2.45) is 0 Å². The molecule has 0 saturated heterocycles. The zero-order valence-corrected chi connectivity index (χ0v) is 12.8. The molecule has 0 aliphatic rings. The smallest absolute Gasteiger partial charge is 0.407 e. The van der Waals surface area contributed by atoms with Crippen LogP contribution in [0.2, 0.25) is 0 Å². The molecule has 0 aliphatic heterocycles. The van der Waals surface area contributed by atoms with E-state index >= 15 is 0 Å². The number of carbonyl (C=O) groups excluding carboxylic acids is 2. The van der Waals surface area contributed by atoms with Crippen molar-refractivity contribution in [3.05, 3.63) is 41.0 Å². The molecule has 0 radical (unpaired) electrons. The summed E-state index contributed by atoms with van der Waals surface area (Å²) in [5.74, 6) is -1.79. The average molecular weight is 311 g/mol. The van der Waals surface area contributed by atoms with Gasteiger partial charge in [-0.05, 0) is 39.3 Å². The number of hydrogen-bond donors (Lipinski definition) is 1. The van der Waals surface area contributed by atoms with Crippen LogP contribution in [0.4, 0.5) is 13.6 Å². The molecule has 0 aromatic heterocycles. The molecular weight excluding hydrogens is 292 g/mol. The zero-order chi connectivity index (χ0) is 16.8. The van der Waals surface area contributed by atoms with E-state index in [-0.39, 0.29) is 11.8 Å². The van der Waals surface area contributed by atoms with Gasteiger partial charge in [0.25, 0.3) is 0 Å². The Hall–Kier alpha value is -2.24. The van der Waals surface area contributed by atoms with Crippen molar-refractivity contribution in [2.75, 3.05) is 6.54 Å². The van der Waals surface area contributed by atoms with Crippen LogP contribution < -0.4 is 5.32 Å². The second-order valence-corrected chi connectivity index (χ2v) is 5.60. The minimum atomic E-state index is -0.897. The van der Waals surface area contributed by atoms with E-state index in [4.69, 9.17) is 4.74 Å². The molecule has 0 spiro atoms. The Balaban J connectivity index is 2.51. The minimum absolute atomic E-state index is 0.112. The van der Waals surface area contributed by atoms with Crippen LogP contribution in [0.3, 0.4) is 0 Å². The van der Waals surface area contributed by atoms with Crippen molar-refractivity contribution >= 4 is 18.5 Å². The van der Waals surface area contributed by atoms with Gasteiger partial charge in [0.2, 0.25) is 0 Å². The Morgan fingerprint density at radius 3 is 2.59 bits per heavy atom. The molecule has 1 N–H and O–H groups in total. The molecule has 1 amide bonds. The van der Waals surface area contributed by atoms with Gasteiger partial charge in [0.05, 0.1) is 5.56 Å². The van der Waals surface area contributed by atoms with Gasteiger partial charge < -0.3 is 10.1 Å². The first kappa shape index (κ1) is 17.8. The number of benzene rings is 1. The highest BCUT2D eigenvalue weighted by Gasteiger charge is 2.15. The first-order chi connectivity index (χ1) is 10.2. The van der Waals surface area contributed by atoms with Gasteiger partial charge in [0, 0.05) is 12.1 Å². The number of carbonyl (C=O) groups is 2. The second kappa shape index (κ2) is 7.68. The summed E-state index contributed by atoms with van der Waals surface area (Å²) in [6.45, 7) is 5.59. The topological polar surface area (TPSA) is 55.4 Å². The fraction of sp³-hybridized carbons (Fsp3) is 0.375. The number of nitrogens with one attached hydrogen (secondary N) is 1. The van der Waals surface area contributed by atoms with Crippen LogP contribution in [-0.4, -0.2) is 24.5 Å². The molecule has 0 bridgehead atoms. The average Bonchev–Trinajstić information content (AvgIpc) is 2.39. The lowest BCUT2D eigenvalue weighted by Gasteiger charge is -2.19. The third-order valence-electron chi connectivity index (χ3n) is 2.55. The third-order valence-corrected chi connectivity index (χ3v) is 2.55. The molecule has 0 unspecified atom stereocenters. The highest BCUT2D eigenvalue weighted by molar-refractivity contribution is 5.77. The standard InChI is InChI=1S/C16H19F2NO3/c1-16(2,3)22-15(21)19-9-5-4-6-11-7-8-13(17)12(10-20)14(11)18/h4,6-8,10H,5,9H2,1-3H3,(H,19,21). The number of aldehydes is 1. The van der Waals surface area contributed by atoms with E-state index in [0.717, 1.165) is 6.07 Å². The summed E-state index contributed by atoms with van der Waals surface area (Å²) in [6.07, 6.45) is 3.09. The van der Waals surface area contributed by atoms with Gasteiger partial charge in [-0.3, -0.25) is 4.79 Å². The SMILES string of the molecule is CC(C)(C)OC(=O)NCCC=Cc1ccc(F)c(C=O)c1F. The first-order valence-corrected chi connectivity index (χ1v) is 6.81. The minimum Gasteiger partial charge on any atom is -0.444 e. The molecule has 22 heavy (non-hydrogen) atoms. The van der Waals surface area contributed by atoms with Gasteiger partial charge in [-0.25, -0.2) is 13.6 Å². The summed E-state index contributed by atoms with van der Waals surface area (Å²) in [6, 6.07) is 2.28. The molecule has 0 saturated carbocycles. The summed E-state index contributed by atoms with van der Waals surface area (Å²) >= 11 is 0. The summed E-state index contributed by atoms with van der Waals surface area (Å²) in [5.41, 5.74) is -1.04. The van der Waals surface area contributed by atoms with Gasteiger partial charge in [0.15, 0.2) is 6.29 Å². The Kier molecular flexibility index (Phi) is 6.22. The normalized spacial score (nSPS) is 11.5. The summed E-state index contributed by atoms with van der Waals surface area (Å²) in [7, 11) is 0. The zero-order valence-electron chi connectivity index (χ0n) is 12.8. The molecule has 1 aromatic carbocycles. The van der Waals surface area contributed by atoms with Gasteiger partial charge in [-0.1, -0.05) is 12.2 Å². The third kappa shape index (κ3) is 5.63. The molecule has 6 heteroatoms. The van der Waals surface area contributed by atoms with Crippen molar-refractivity contribution in [1.29, 1.82) is 0 Å². The monoisotopic (exact) mass is 311 g/mol. The van der Waals surface area contributed by atoms with Crippen LogP contribution in [0.1, 0.15) is 43.1 Å². The quantitative estimate of drug-likeness (QED) is 0.666. The fourth-order valence-corrected chi connectivity index (χ4v) is 1.61. The maximum absolute atomic E-state index is 13.7. The molecule has 1 rings (SSSR count). The molecular formula is C16H19F2NO3. The van der Waals surface area contributed by atoms with Gasteiger partial charge >= 0.3 is 6.09 Å². The van der Waals surface area contributed by atoms with Crippen LogP contribution >= 0.6 is 0 Å². The molecule has 0 fully saturated rings. The number of amides is 1. The van der Waals surface area contributed by atoms with Crippen LogP contribution in [-0.2, 0) is 4.74 Å². The van der Waals surface area contributed by atoms with E-state index in [9.17, 15) is 18.4 Å². The van der Waals surface area contributed by atoms with Crippen molar-refractivity contribution in [1.82, 2.24) is 5.32 Å². The van der Waals surface area contributed by atoms with E-state index in [1.165, 1.54) is 12.1 Å². The highest BCUT2D eigenvalue weighted by Crippen LogP contribution is 2.16. The van der Waals surface area contributed by atoms with Crippen LogP contribution in [0.5, 0.6) is 0 Å². The lowest BCUT2D eigenvalue weighted by Crippen LogP contribution is -2.32. The largest absolute Gasteiger partial charge is 0.444 e. The molecule has 1 aromatic rings. The summed E-state index contributed by atoms with van der Waals surface area (Å²) in [4.78, 5) is 22.0. The van der Waals surface area contributed by atoms with Crippen molar-refractivity contribution in [3.63, 3.8) is 0 Å². The molecule has 4 nitrogen and oxygen atoms in total. The van der Waals surface area contributed by atoms with Crippen LogP contribution in [0.25, 0.3) is 6.08 Å². The Labute approximate surface area is 128 Å². The fourth-order valence-electron chi connectivity index (χ4n) is 1.61. The van der Waals surface area contributed by atoms with Crippen molar-refractivity contribution in [2.45, 2.75) is 32.8 Å². The molecule has 120 valence electrons. The molecule has 0 atom stereocenters. The number of ether oxygens (including phenoxy) is 1. The Morgan fingerprint density at radius 1 is 1.32 bits per heavy atom. The van der Waals surface area contributed by atoms with Crippen LogP contribution in [0.15, 0.2) is 18.2 Å². The predicted octanol–water partition coefficient (Wildman–Crippen LogP) is 3.71. The Bertz CT molecular complexity index is 577. The van der Waals surface area contributed by atoms with E-state index in [2.05, 4.69) is 5.32 Å². The lowest BCUT2D eigenvalue weighted by atomic mass is 10.1. The van der Waals surface area contributed by atoms with E-state index in [1.807, 2.05) is 0 Å². The molecule has 0 aliphatic carbocycles. The lowest BCUT2D eigenvalue weighted by molar-refractivity contribution is 0.0528. The maximum Gasteiger partial charge on any atom is 0.407 e. The number of hydrogen-bond acceptors (Lipinski definition) is 3. The van der Waals surface area contributed by atoms with Crippen molar-refractivity contribution in [3.8, 4) is 0 Å². The van der Waals surface area contributed by atoms with Crippen LogP contribution in [0, 0.1) is 11.6 Å². The van der Waals surface area contributed by atoms with Gasteiger partial charge in [-0.15, -0.1) is 0 Å². The summed E-state index contributed by atoms with van der Waals surface area (Å²) < 4.78 is 31.9. The predicted molar refractivity (Wildman–Crippen MR) is 79.6 cm³/mol. The van der Waals surface area contributed by atoms with Crippen molar-refractivity contribution < 1.29 is 23.1 Å². The number of halogens is 2. The van der Waals surface area contributed by atoms with Gasteiger partial charge in [0.1, 0.15) is 17.2 Å². The highest BCUT2D eigenvalue weighted by atomic mass is 19.1. The maximum atomic E-state index is 13.7. The van der Waals surface area contributed by atoms with E-state index in [1.54, 1.807) is 26.8 Å². The van der Waals surface area contributed by atoms with Gasteiger partial charge in [-0.2, -0.15) is 0 Å². The number of alkyl carbamates (subject to hydrolysis) is 1.